The SMILES string of the molecule is Cn1cc(-c2ccnc(N3CCCC3)n2)c([C@@H]2CCCN2C(=O)C[C@@H]2CCCO2)n1. The lowest BCUT2D eigenvalue weighted by molar-refractivity contribution is -0.134. The van der Waals surface area contributed by atoms with Crippen molar-refractivity contribution in [3.05, 3.63) is 24.2 Å². The summed E-state index contributed by atoms with van der Waals surface area (Å²) in [5.74, 6) is 0.971. The molecule has 160 valence electrons. The molecule has 3 saturated heterocycles. The van der Waals surface area contributed by atoms with E-state index in [2.05, 4.69) is 9.88 Å². The summed E-state index contributed by atoms with van der Waals surface area (Å²) >= 11 is 0. The highest BCUT2D eigenvalue weighted by Gasteiger charge is 2.35. The molecule has 3 aliphatic rings. The zero-order chi connectivity index (χ0) is 20.5. The predicted octanol–water partition coefficient (Wildman–Crippen LogP) is 2.71. The number of carbonyl (C=O) groups is 1. The molecule has 2 aromatic rings. The van der Waals surface area contributed by atoms with Gasteiger partial charge < -0.3 is 14.5 Å². The van der Waals surface area contributed by atoms with Gasteiger partial charge in [-0.2, -0.15) is 5.10 Å². The van der Waals surface area contributed by atoms with E-state index in [0.717, 1.165) is 74.8 Å². The van der Waals surface area contributed by atoms with Crippen LogP contribution in [0.15, 0.2) is 18.5 Å². The Kier molecular flexibility index (Phi) is 5.41. The number of hydrogen-bond donors (Lipinski definition) is 0. The molecule has 0 N–H and O–H groups in total. The van der Waals surface area contributed by atoms with Crippen LogP contribution in [-0.4, -0.2) is 62.9 Å². The van der Waals surface area contributed by atoms with Gasteiger partial charge in [0.25, 0.3) is 0 Å². The van der Waals surface area contributed by atoms with Crippen molar-refractivity contribution in [1.29, 1.82) is 0 Å². The maximum atomic E-state index is 13.0. The Bertz CT molecular complexity index is 901. The van der Waals surface area contributed by atoms with Gasteiger partial charge >= 0.3 is 0 Å². The average molecular weight is 411 g/mol. The summed E-state index contributed by atoms with van der Waals surface area (Å²) in [7, 11) is 1.93. The van der Waals surface area contributed by atoms with Crippen LogP contribution in [0.5, 0.6) is 0 Å². The minimum absolute atomic E-state index is 0.000282. The molecule has 1 amide bonds. The highest BCUT2D eigenvalue weighted by atomic mass is 16.5. The van der Waals surface area contributed by atoms with Crippen molar-refractivity contribution in [2.45, 2.75) is 57.1 Å². The number of anilines is 1. The summed E-state index contributed by atoms with van der Waals surface area (Å²) in [5, 5.41) is 4.78. The molecule has 0 radical (unpaired) electrons. The van der Waals surface area contributed by atoms with Gasteiger partial charge in [-0.25, -0.2) is 9.97 Å². The van der Waals surface area contributed by atoms with E-state index in [9.17, 15) is 4.79 Å². The third kappa shape index (κ3) is 3.80. The molecule has 0 saturated carbocycles. The zero-order valence-corrected chi connectivity index (χ0v) is 17.7. The third-order valence-corrected chi connectivity index (χ3v) is 6.48. The number of nitrogens with zero attached hydrogens (tertiary/aromatic N) is 6. The van der Waals surface area contributed by atoms with Crippen LogP contribution in [0.25, 0.3) is 11.3 Å². The van der Waals surface area contributed by atoms with Crippen LogP contribution in [0.1, 0.15) is 56.7 Å². The maximum absolute atomic E-state index is 13.0. The summed E-state index contributed by atoms with van der Waals surface area (Å²) in [6.07, 6.45) is 10.8. The van der Waals surface area contributed by atoms with Crippen molar-refractivity contribution < 1.29 is 9.53 Å². The van der Waals surface area contributed by atoms with Gasteiger partial charge in [-0.1, -0.05) is 0 Å². The first kappa shape index (κ1) is 19.5. The summed E-state index contributed by atoms with van der Waals surface area (Å²) in [4.78, 5) is 26.7. The monoisotopic (exact) mass is 410 g/mol. The third-order valence-electron chi connectivity index (χ3n) is 6.48. The second-order valence-corrected chi connectivity index (χ2v) is 8.62. The molecule has 5 rings (SSSR count). The number of likely N-dealkylation sites (tertiary alicyclic amines) is 1. The molecule has 0 unspecified atom stereocenters. The van der Waals surface area contributed by atoms with Gasteiger partial charge in [-0.05, 0) is 44.6 Å². The fourth-order valence-corrected chi connectivity index (χ4v) is 4.98. The van der Waals surface area contributed by atoms with Crippen molar-refractivity contribution in [2.24, 2.45) is 7.05 Å². The predicted molar refractivity (Wildman–Crippen MR) is 113 cm³/mol. The second-order valence-electron chi connectivity index (χ2n) is 8.62. The highest BCUT2D eigenvalue weighted by molar-refractivity contribution is 5.78. The minimum Gasteiger partial charge on any atom is -0.378 e. The normalized spacial score (nSPS) is 24.2. The smallest absolute Gasteiger partial charge is 0.225 e. The Labute approximate surface area is 177 Å². The molecular weight excluding hydrogens is 380 g/mol. The lowest BCUT2D eigenvalue weighted by Gasteiger charge is -2.25. The van der Waals surface area contributed by atoms with Crippen LogP contribution >= 0.6 is 0 Å². The van der Waals surface area contributed by atoms with Gasteiger partial charge in [-0.3, -0.25) is 9.48 Å². The van der Waals surface area contributed by atoms with Crippen LogP contribution < -0.4 is 4.90 Å². The summed E-state index contributed by atoms with van der Waals surface area (Å²) < 4.78 is 7.53. The number of hydrogen-bond acceptors (Lipinski definition) is 6. The van der Waals surface area contributed by atoms with Crippen LogP contribution in [0, 0.1) is 0 Å². The van der Waals surface area contributed by atoms with E-state index >= 15 is 0 Å². The van der Waals surface area contributed by atoms with E-state index in [4.69, 9.17) is 14.8 Å². The molecule has 2 atom stereocenters. The van der Waals surface area contributed by atoms with E-state index in [1.807, 2.05) is 35.1 Å². The molecule has 3 aliphatic heterocycles. The van der Waals surface area contributed by atoms with Gasteiger partial charge in [0.2, 0.25) is 11.9 Å². The number of carbonyl (C=O) groups excluding carboxylic acids is 1. The topological polar surface area (TPSA) is 76.4 Å². The van der Waals surface area contributed by atoms with Gasteiger partial charge in [-0.15, -0.1) is 0 Å². The zero-order valence-electron chi connectivity index (χ0n) is 17.7. The van der Waals surface area contributed by atoms with Crippen molar-refractivity contribution in [1.82, 2.24) is 24.6 Å². The van der Waals surface area contributed by atoms with Crippen molar-refractivity contribution in [3.63, 3.8) is 0 Å². The Hall–Kier alpha value is -2.48. The number of ether oxygens (including phenoxy) is 1. The fraction of sp³-hybridized carbons (Fsp3) is 0.636. The molecule has 0 bridgehead atoms. The Morgan fingerprint density at radius 2 is 2.03 bits per heavy atom. The van der Waals surface area contributed by atoms with Crippen LogP contribution in [0.2, 0.25) is 0 Å². The molecule has 5 heterocycles. The molecule has 0 spiro atoms. The van der Waals surface area contributed by atoms with Crippen molar-refractivity contribution in [3.8, 4) is 11.3 Å². The van der Waals surface area contributed by atoms with Gasteiger partial charge in [0.1, 0.15) is 0 Å². The van der Waals surface area contributed by atoms with E-state index < -0.39 is 0 Å². The quantitative estimate of drug-likeness (QED) is 0.754. The Morgan fingerprint density at radius 3 is 2.83 bits per heavy atom. The van der Waals surface area contributed by atoms with Crippen molar-refractivity contribution >= 4 is 11.9 Å². The first-order valence-electron chi connectivity index (χ1n) is 11.2. The molecule has 8 heteroatoms. The van der Waals surface area contributed by atoms with E-state index in [1.165, 1.54) is 12.8 Å². The number of aryl methyl sites for hydroxylation is 1. The lowest BCUT2D eigenvalue weighted by Crippen LogP contribution is -2.33. The Balaban J connectivity index is 1.41. The highest BCUT2D eigenvalue weighted by Crippen LogP contribution is 2.37. The van der Waals surface area contributed by atoms with Crippen LogP contribution in [-0.2, 0) is 16.6 Å². The maximum Gasteiger partial charge on any atom is 0.225 e. The largest absolute Gasteiger partial charge is 0.378 e. The Morgan fingerprint density at radius 1 is 1.17 bits per heavy atom. The molecule has 0 aromatic carbocycles. The van der Waals surface area contributed by atoms with Gasteiger partial charge in [0.05, 0.1) is 30.0 Å². The van der Waals surface area contributed by atoms with Crippen LogP contribution in [0.3, 0.4) is 0 Å². The first-order valence-corrected chi connectivity index (χ1v) is 11.2. The molecule has 30 heavy (non-hydrogen) atoms. The number of rotatable bonds is 5. The minimum atomic E-state index is 0.000282. The lowest BCUT2D eigenvalue weighted by atomic mass is 10.0. The van der Waals surface area contributed by atoms with E-state index in [-0.39, 0.29) is 18.1 Å². The summed E-state index contributed by atoms with van der Waals surface area (Å²) in [5.41, 5.74) is 2.83. The van der Waals surface area contributed by atoms with Crippen molar-refractivity contribution in [2.75, 3.05) is 31.1 Å². The molecule has 3 fully saturated rings. The summed E-state index contributed by atoms with van der Waals surface area (Å²) in [6.45, 7) is 3.59. The second kappa shape index (κ2) is 8.34. The number of aromatic nitrogens is 4. The van der Waals surface area contributed by atoms with Gasteiger partial charge in [0, 0.05) is 51.2 Å². The summed E-state index contributed by atoms with van der Waals surface area (Å²) in [6, 6.07) is 1.95. The first-order chi connectivity index (χ1) is 14.7. The van der Waals surface area contributed by atoms with E-state index in [1.54, 1.807) is 0 Å². The standard InChI is InChI=1S/C22H30N6O2/c1-26-15-17(18-8-9-23-22(24-18)27-10-2-3-11-27)21(25-26)19-7-4-12-28(19)20(29)14-16-6-5-13-30-16/h8-9,15-16,19H,2-7,10-14H2,1H3/t16-,19-/m0/s1. The van der Waals surface area contributed by atoms with Crippen LogP contribution in [0.4, 0.5) is 5.95 Å². The van der Waals surface area contributed by atoms with E-state index in [0.29, 0.717) is 6.42 Å². The number of amides is 1. The average Bonchev–Trinajstić information content (AvgIpc) is 3.54. The molecule has 8 nitrogen and oxygen atoms in total. The molecular formula is C22H30N6O2. The molecule has 2 aromatic heterocycles. The van der Waals surface area contributed by atoms with Gasteiger partial charge in [0.15, 0.2) is 0 Å². The molecule has 0 aliphatic carbocycles. The fourth-order valence-electron chi connectivity index (χ4n) is 4.98.